The largest absolute Gasteiger partial charge is 0.495 e. The van der Waals surface area contributed by atoms with Crippen LogP contribution in [0.25, 0.3) is 6.08 Å². The van der Waals surface area contributed by atoms with Gasteiger partial charge >= 0.3 is 6.03 Å². The quantitative estimate of drug-likeness (QED) is 0.467. The number of carbonyl (C=O) groups is 3. The summed E-state index contributed by atoms with van der Waals surface area (Å²) >= 11 is 6.13. The predicted molar refractivity (Wildman–Crippen MR) is 117 cm³/mol. The highest BCUT2D eigenvalue weighted by Gasteiger charge is 2.37. The van der Waals surface area contributed by atoms with Gasteiger partial charge in [0, 0.05) is 18.4 Å². The molecule has 0 bridgehead atoms. The Morgan fingerprint density at radius 1 is 1.09 bits per heavy atom. The lowest BCUT2D eigenvalue weighted by Crippen LogP contribution is -2.54. The van der Waals surface area contributed by atoms with Gasteiger partial charge in [-0.15, -0.1) is 0 Å². The highest BCUT2D eigenvalue weighted by Crippen LogP contribution is 2.31. The molecule has 0 spiro atoms. The van der Waals surface area contributed by atoms with Crippen molar-refractivity contribution in [3.63, 3.8) is 0 Å². The molecule has 4 rings (SSSR count). The van der Waals surface area contributed by atoms with Crippen LogP contribution >= 0.6 is 11.6 Å². The summed E-state index contributed by atoms with van der Waals surface area (Å²) in [5.41, 5.74) is 1.38. The van der Waals surface area contributed by atoms with Gasteiger partial charge in [0.1, 0.15) is 17.1 Å². The molecule has 0 atom stereocenters. The number of nitrogens with zero attached hydrogens (tertiary/aromatic N) is 2. The Kier molecular flexibility index (Phi) is 5.79. The topological polar surface area (TPSA) is 80.6 Å². The van der Waals surface area contributed by atoms with Gasteiger partial charge in [0.25, 0.3) is 11.8 Å². The van der Waals surface area contributed by atoms with Crippen molar-refractivity contribution in [3.8, 4) is 5.75 Å². The molecule has 1 saturated heterocycles. The number of hydrogen-bond donors (Lipinski definition) is 1. The molecule has 9 heteroatoms. The van der Waals surface area contributed by atoms with E-state index < -0.39 is 17.8 Å². The molecule has 1 aromatic heterocycles. The molecule has 4 amide bonds. The van der Waals surface area contributed by atoms with Gasteiger partial charge in [-0.05, 0) is 54.1 Å². The lowest BCUT2D eigenvalue weighted by atomic mass is 10.1. The summed E-state index contributed by atoms with van der Waals surface area (Å²) < 4.78 is 20.1. The fourth-order valence-corrected chi connectivity index (χ4v) is 3.57. The Balaban J connectivity index is 1.66. The van der Waals surface area contributed by atoms with Crippen LogP contribution in [0.15, 0.2) is 66.4 Å². The summed E-state index contributed by atoms with van der Waals surface area (Å²) in [6.45, 7) is 0.402. The average Bonchev–Trinajstić information content (AvgIpc) is 3.19. The van der Waals surface area contributed by atoms with E-state index in [-0.39, 0.29) is 22.1 Å². The molecule has 1 N–H and O–H groups in total. The first-order valence-corrected chi connectivity index (χ1v) is 9.90. The second-order valence-corrected chi connectivity index (χ2v) is 7.37. The summed E-state index contributed by atoms with van der Waals surface area (Å²) in [6.07, 6.45) is 3.18. The van der Waals surface area contributed by atoms with Crippen molar-refractivity contribution < 1.29 is 23.5 Å². The molecular formula is C23H17ClFN3O4. The fourth-order valence-electron chi connectivity index (χ4n) is 3.32. The van der Waals surface area contributed by atoms with Gasteiger partial charge in [0.2, 0.25) is 0 Å². The number of amides is 4. The number of urea groups is 1. The molecule has 2 aromatic carbocycles. The number of anilines is 1. The Labute approximate surface area is 187 Å². The molecule has 1 aliphatic rings. The van der Waals surface area contributed by atoms with Crippen molar-refractivity contribution in [2.24, 2.45) is 0 Å². The molecule has 3 aromatic rings. The third-order valence-electron chi connectivity index (χ3n) is 4.92. The van der Waals surface area contributed by atoms with Crippen LogP contribution in [0, 0.1) is 5.82 Å². The van der Waals surface area contributed by atoms with E-state index in [4.69, 9.17) is 16.3 Å². The minimum atomic E-state index is -0.875. The maximum Gasteiger partial charge on any atom is 0.335 e. The van der Waals surface area contributed by atoms with E-state index >= 15 is 0 Å². The van der Waals surface area contributed by atoms with Crippen molar-refractivity contribution in [1.29, 1.82) is 0 Å². The summed E-state index contributed by atoms with van der Waals surface area (Å²) in [5.74, 6) is -1.54. The van der Waals surface area contributed by atoms with Crippen LogP contribution in [-0.2, 0) is 16.1 Å². The lowest BCUT2D eigenvalue weighted by molar-refractivity contribution is -0.122. The van der Waals surface area contributed by atoms with Gasteiger partial charge in [0.15, 0.2) is 0 Å². The number of benzene rings is 2. The average molecular weight is 454 g/mol. The molecule has 7 nitrogen and oxygen atoms in total. The van der Waals surface area contributed by atoms with Gasteiger partial charge in [-0.1, -0.05) is 23.7 Å². The van der Waals surface area contributed by atoms with Crippen LogP contribution in [0.3, 0.4) is 0 Å². The molecule has 0 unspecified atom stereocenters. The Hall–Kier alpha value is -3.91. The van der Waals surface area contributed by atoms with Gasteiger partial charge in [-0.3, -0.25) is 14.9 Å². The molecule has 1 aliphatic heterocycles. The summed E-state index contributed by atoms with van der Waals surface area (Å²) in [6, 6.07) is 13.0. The Morgan fingerprint density at radius 3 is 2.53 bits per heavy atom. The molecule has 0 saturated carbocycles. The Morgan fingerprint density at radius 2 is 1.84 bits per heavy atom. The smallest absolute Gasteiger partial charge is 0.335 e. The molecule has 0 aliphatic carbocycles. The predicted octanol–water partition coefficient (Wildman–Crippen LogP) is 4.00. The van der Waals surface area contributed by atoms with E-state index in [0.29, 0.717) is 18.0 Å². The van der Waals surface area contributed by atoms with E-state index in [2.05, 4.69) is 5.32 Å². The van der Waals surface area contributed by atoms with Gasteiger partial charge in [0.05, 0.1) is 17.8 Å². The third-order valence-corrected chi connectivity index (χ3v) is 5.21. The molecular weight excluding hydrogens is 437 g/mol. The number of ether oxygens (including phenoxy) is 1. The first-order chi connectivity index (χ1) is 15.4. The van der Waals surface area contributed by atoms with Crippen LogP contribution in [-0.4, -0.2) is 29.5 Å². The highest BCUT2D eigenvalue weighted by atomic mass is 35.5. The Bertz CT molecular complexity index is 1250. The lowest BCUT2D eigenvalue weighted by Gasteiger charge is -2.26. The minimum absolute atomic E-state index is 0.193. The number of nitrogens with one attached hydrogen (secondary N) is 1. The van der Waals surface area contributed by atoms with E-state index in [1.165, 1.54) is 43.5 Å². The number of hydrogen-bond acceptors (Lipinski definition) is 4. The van der Waals surface area contributed by atoms with Crippen molar-refractivity contribution in [1.82, 2.24) is 9.88 Å². The SMILES string of the molecule is COc1ccc(N2C(=O)NC(=O)C(=Cc3cccn3Cc3ccc(F)cc3)C2=O)cc1Cl. The van der Waals surface area contributed by atoms with E-state index in [0.717, 1.165) is 10.5 Å². The fraction of sp³-hybridized carbons (Fsp3) is 0.0870. The van der Waals surface area contributed by atoms with E-state index in [9.17, 15) is 18.8 Å². The van der Waals surface area contributed by atoms with Gasteiger partial charge < -0.3 is 9.30 Å². The number of rotatable bonds is 5. The minimum Gasteiger partial charge on any atom is -0.495 e. The van der Waals surface area contributed by atoms with Crippen LogP contribution in [0.1, 0.15) is 11.3 Å². The zero-order chi connectivity index (χ0) is 22.8. The number of carbonyl (C=O) groups excluding carboxylic acids is 3. The zero-order valence-corrected chi connectivity index (χ0v) is 17.6. The van der Waals surface area contributed by atoms with Crippen LogP contribution < -0.4 is 15.0 Å². The summed E-state index contributed by atoms with van der Waals surface area (Å²) in [4.78, 5) is 38.8. The molecule has 162 valence electrons. The highest BCUT2D eigenvalue weighted by molar-refractivity contribution is 6.39. The second-order valence-electron chi connectivity index (χ2n) is 6.96. The van der Waals surface area contributed by atoms with Crippen molar-refractivity contribution in [2.75, 3.05) is 12.0 Å². The monoisotopic (exact) mass is 453 g/mol. The zero-order valence-electron chi connectivity index (χ0n) is 16.8. The van der Waals surface area contributed by atoms with Crippen LogP contribution in [0.5, 0.6) is 5.75 Å². The maximum atomic E-state index is 13.2. The molecule has 32 heavy (non-hydrogen) atoms. The van der Waals surface area contributed by atoms with Crippen molar-refractivity contribution >= 4 is 41.2 Å². The summed E-state index contributed by atoms with van der Waals surface area (Å²) in [7, 11) is 1.44. The number of halogens is 2. The molecule has 2 heterocycles. The first kappa shape index (κ1) is 21.3. The maximum absolute atomic E-state index is 13.2. The molecule has 1 fully saturated rings. The van der Waals surface area contributed by atoms with Crippen LogP contribution in [0.2, 0.25) is 5.02 Å². The standard InChI is InChI=1S/C23H17ClFN3O4/c1-32-20-9-8-17(12-19(20)24)28-22(30)18(21(29)26-23(28)31)11-16-3-2-10-27(16)13-14-4-6-15(25)7-5-14/h2-12H,13H2,1H3,(H,26,29,31). The van der Waals surface area contributed by atoms with Gasteiger partial charge in [-0.2, -0.15) is 0 Å². The van der Waals surface area contributed by atoms with Gasteiger partial charge in [-0.25, -0.2) is 14.1 Å². The van der Waals surface area contributed by atoms with Crippen molar-refractivity contribution in [2.45, 2.75) is 6.54 Å². The second kappa shape index (κ2) is 8.68. The van der Waals surface area contributed by atoms with E-state index in [1.807, 2.05) is 0 Å². The summed E-state index contributed by atoms with van der Waals surface area (Å²) in [5, 5.41) is 2.39. The van der Waals surface area contributed by atoms with Crippen molar-refractivity contribution in [3.05, 3.63) is 88.5 Å². The first-order valence-electron chi connectivity index (χ1n) is 9.52. The number of methoxy groups -OCH3 is 1. The third kappa shape index (κ3) is 4.13. The van der Waals surface area contributed by atoms with E-state index in [1.54, 1.807) is 35.0 Å². The number of imide groups is 2. The van der Waals surface area contributed by atoms with Crippen LogP contribution in [0.4, 0.5) is 14.9 Å². The normalized spacial score (nSPS) is 15.3. The number of aromatic nitrogens is 1. The number of barbiturate groups is 1. The molecule has 0 radical (unpaired) electrons.